The van der Waals surface area contributed by atoms with Crippen LogP contribution in [0, 0.1) is 0 Å². The van der Waals surface area contributed by atoms with Gasteiger partial charge in [-0.3, -0.25) is 9.59 Å². The van der Waals surface area contributed by atoms with E-state index < -0.39 is 5.91 Å². The van der Waals surface area contributed by atoms with Gasteiger partial charge in [-0.05, 0) is 24.3 Å². The van der Waals surface area contributed by atoms with Crippen LogP contribution in [0.4, 0.5) is 0 Å². The first-order valence-electron chi connectivity index (χ1n) is 7.94. The lowest BCUT2D eigenvalue weighted by atomic mass is 10.2. The zero-order chi connectivity index (χ0) is 17.2. The normalized spacial score (nSPS) is 11.0. The standard InChI is InChI=1S/C19H15N3O3/c23-15-11-17(25-16-6-2-1-5-14(15)16)19(24)20-9-8-13-12-22-10-4-3-7-18(22)21-13/h1-7,10-12H,8-9H2,(H,20,24). The number of hydrogen-bond donors (Lipinski definition) is 1. The highest BCUT2D eigenvalue weighted by Crippen LogP contribution is 2.11. The van der Waals surface area contributed by atoms with Gasteiger partial charge in [0.1, 0.15) is 11.2 Å². The lowest BCUT2D eigenvalue weighted by Gasteiger charge is -2.04. The summed E-state index contributed by atoms with van der Waals surface area (Å²) in [5.74, 6) is -0.398. The molecule has 1 aromatic carbocycles. The third-order valence-electron chi connectivity index (χ3n) is 3.94. The summed E-state index contributed by atoms with van der Waals surface area (Å²) in [7, 11) is 0. The highest BCUT2D eigenvalue weighted by atomic mass is 16.3. The number of benzene rings is 1. The van der Waals surface area contributed by atoms with Crippen molar-refractivity contribution in [2.24, 2.45) is 0 Å². The Balaban J connectivity index is 1.46. The predicted molar refractivity (Wildman–Crippen MR) is 93.7 cm³/mol. The van der Waals surface area contributed by atoms with Crippen LogP contribution in [0.3, 0.4) is 0 Å². The first kappa shape index (κ1) is 15.1. The molecule has 0 radical (unpaired) electrons. The molecule has 3 aromatic heterocycles. The largest absolute Gasteiger partial charge is 0.451 e. The summed E-state index contributed by atoms with van der Waals surface area (Å²) in [4.78, 5) is 28.8. The Labute approximate surface area is 142 Å². The van der Waals surface area contributed by atoms with Gasteiger partial charge in [0.2, 0.25) is 0 Å². The van der Waals surface area contributed by atoms with Gasteiger partial charge in [0.15, 0.2) is 11.2 Å². The number of pyridine rings is 1. The molecule has 1 N–H and O–H groups in total. The maximum Gasteiger partial charge on any atom is 0.287 e. The molecule has 0 aliphatic heterocycles. The number of fused-ring (bicyclic) bond motifs is 2. The van der Waals surface area contributed by atoms with Crippen LogP contribution in [0.15, 0.2) is 70.1 Å². The molecule has 4 rings (SSSR count). The Kier molecular flexibility index (Phi) is 3.78. The van der Waals surface area contributed by atoms with E-state index in [0.717, 1.165) is 11.3 Å². The summed E-state index contributed by atoms with van der Waals surface area (Å²) in [5, 5.41) is 3.22. The molecule has 3 heterocycles. The molecule has 124 valence electrons. The van der Waals surface area contributed by atoms with Crippen molar-refractivity contribution in [2.75, 3.05) is 6.54 Å². The van der Waals surface area contributed by atoms with E-state index in [-0.39, 0.29) is 11.2 Å². The van der Waals surface area contributed by atoms with E-state index in [1.165, 1.54) is 6.07 Å². The van der Waals surface area contributed by atoms with E-state index in [0.29, 0.717) is 23.9 Å². The number of hydrogen-bond acceptors (Lipinski definition) is 4. The monoisotopic (exact) mass is 333 g/mol. The Morgan fingerprint density at radius 2 is 2.00 bits per heavy atom. The molecule has 0 aliphatic carbocycles. The number of aromatic nitrogens is 2. The minimum atomic E-state index is -0.411. The Bertz CT molecular complexity index is 1090. The van der Waals surface area contributed by atoms with Crippen molar-refractivity contribution >= 4 is 22.5 Å². The molecule has 0 aliphatic rings. The summed E-state index contributed by atoms with van der Waals surface area (Å²) in [5.41, 5.74) is 1.92. The van der Waals surface area contributed by atoms with Crippen molar-refractivity contribution < 1.29 is 9.21 Å². The number of carbonyl (C=O) groups excluding carboxylic acids is 1. The van der Waals surface area contributed by atoms with Crippen LogP contribution < -0.4 is 10.7 Å². The lowest BCUT2D eigenvalue weighted by Crippen LogP contribution is -2.26. The van der Waals surface area contributed by atoms with Crippen LogP contribution in [0.5, 0.6) is 0 Å². The average Bonchev–Trinajstić information content (AvgIpc) is 3.04. The van der Waals surface area contributed by atoms with Crippen molar-refractivity contribution in [1.82, 2.24) is 14.7 Å². The van der Waals surface area contributed by atoms with Crippen molar-refractivity contribution in [3.05, 3.63) is 82.6 Å². The number of amides is 1. The Morgan fingerprint density at radius 3 is 2.88 bits per heavy atom. The SMILES string of the molecule is O=C(NCCc1cn2ccccc2n1)c1cc(=O)c2ccccc2o1. The van der Waals surface area contributed by atoms with E-state index in [9.17, 15) is 9.59 Å². The molecule has 6 heteroatoms. The number of para-hydroxylation sites is 1. The molecule has 0 saturated carbocycles. The third kappa shape index (κ3) is 3.01. The van der Waals surface area contributed by atoms with Crippen molar-refractivity contribution in [3.8, 4) is 0 Å². The van der Waals surface area contributed by atoms with Crippen molar-refractivity contribution in [1.29, 1.82) is 0 Å². The highest BCUT2D eigenvalue weighted by molar-refractivity contribution is 5.93. The maximum atomic E-state index is 12.2. The van der Waals surface area contributed by atoms with Gasteiger partial charge < -0.3 is 14.1 Å². The van der Waals surface area contributed by atoms with Gasteiger partial charge in [-0.15, -0.1) is 0 Å². The van der Waals surface area contributed by atoms with Crippen LogP contribution in [-0.2, 0) is 6.42 Å². The predicted octanol–water partition coefficient (Wildman–Crippen LogP) is 2.41. The number of nitrogens with one attached hydrogen (secondary N) is 1. The van der Waals surface area contributed by atoms with Gasteiger partial charge in [0.25, 0.3) is 5.91 Å². The first-order valence-corrected chi connectivity index (χ1v) is 7.94. The van der Waals surface area contributed by atoms with Crippen LogP contribution in [0.1, 0.15) is 16.2 Å². The zero-order valence-corrected chi connectivity index (χ0v) is 13.3. The summed E-state index contributed by atoms with van der Waals surface area (Å²) >= 11 is 0. The van der Waals surface area contributed by atoms with Crippen molar-refractivity contribution in [2.45, 2.75) is 6.42 Å². The fourth-order valence-electron chi connectivity index (χ4n) is 2.71. The molecule has 0 bridgehead atoms. The number of nitrogens with zero attached hydrogens (tertiary/aromatic N) is 2. The summed E-state index contributed by atoms with van der Waals surface area (Å²) < 4.78 is 7.45. The molecule has 0 unspecified atom stereocenters. The van der Waals surface area contributed by atoms with Gasteiger partial charge in [-0.2, -0.15) is 0 Å². The molecule has 0 saturated heterocycles. The summed E-state index contributed by atoms with van der Waals surface area (Å²) in [6, 6.07) is 13.9. The highest BCUT2D eigenvalue weighted by Gasteiger charge is 2.12. The van der Waals surface area contributed by atoms with E-state index in [2.05, 4.69) is 10.3 Å². The smallest absolute Gasteiger partial charge is 0.287 e. The van der Waals surface area contributed by atoms with Gasteiger partial charge in [0, 0.05) is 31.4 Å². The molecule has 1 amide bonds. The van der Waals surface area contributed by atoms with Crippen LogP contribution in [0.25, 0.3) is 16.6 Å². The Morgan fingerprint density at radius 1 is 1.16 bits per heavy atom. The second-order valence-corrected chi connectivity index (χ2v) is 5.68. The molecule has 25 heavy (non-hydrogen) atoms. The minimum absolute atomic E-state index is 0.0127. The fourth-order valence-corrected chi connectivity index (χ4v) is 2.71. The average molecular weight is 333 g/mol. The molecule has 0 atom stereocenters. The molecular formula is C19H15N3O3. The first-order chi connectivity index (χ1) is 12.2. The third-order valence-corrected chi connectivity index (χ3v) is 3.94. The molecular weight excluding hydrogens is 318 g/mol. The van der Waals surface area contributed by atoms with Crippen LogP contribution in [-0.4, -0.2) is 21.8 Å². The number of carbonyl (C=O) groups is 1. The van der Waals surface area contributed by atoms with Gasteiger partial charge >= 0.3 is 0 Å². The maximum absolute atomic E-state index is 12.2. The minimum Gasteiger partial charge on any atom is -0.451 e. The van der Waals surface area contributed by atoms with Crippen LogP contribution >= 0.6 is 0 Å². The number of imidazole rings is 1. The second kappa shape index (κ2) is 6.24. The topological polar surface area (TPSA) is 76.6 Å². The molecule has 6 nitrogen and oxygen atoms in total. The van der Waals surface area contributed by atoms with Gasteiger partial charge in [0.05, 0.1) is 11.1 Å². The second-order valence-electron chi connectivity index (χ2n) is 5.68. The summed E-state index contributed by atoms with van der Waals surface area (Å²) in [6.07, 6.45) is 4.44. The van der Waals surface area contributed by atoms with Crippen molar-refractivity contribution in [3.63, 3.8) is 0 Å². The van der Waals surface area contributed by atoms with E-state index >= 15 is 0 Å². The van der Waals surface area contributed by atoms with E-state index in [4.69, 9.17) is 4.42 Å². The quantitative estimate of drug-likeness (QED) is 0.622. The lowest BCUT2D eigenvalue weighted by molar-refractivity contribution is 0.0927. The fraction of sp³-hybridized carbons (Fsp3) is 0.105. The van der Waals surface area contributed by atoms with Crippen LogP contribution in [0.2, 0.25) is 0 Å². The number of rotatable bonds is 4. The molecule has 0 fully saturated rings. The zero-order valence-electron chi connectivity index (χ0n) is 13.3. The van der Waals surface area contributed by atoms with Gasteiger partial charge in [-0.1, -0.05) is 18.2 Å². The molecule has 4 aromatic rings. The molecule has 0 spiro atoms. The van der Waals surface area contributed by atoms with Gasteiger partial charge in [-0.25, -0.2) is 4.98 Å². The van der Waals surface area contributed by atoms with E-state index in [1.54, 1.807) is 24.3 Å². The summed E-state index contributed by atoms with van der Waals surface area (Å²) in [6.45, 7) is 0.402. The Hall–Kier alpha value is -3.41. The van der Waals surface area contributed by atoms with E-state index in [1.807, 2.05) is 35.0 Å².